The molecule has 6 nitrogen and oxygen atoms in total. The van der Waals surface area contributed by atoms with Gasteiger partial charge in [-0.15, -0.1) is 0 Å². The summed E-state index contributed by atoms with van der Waals surface area (Å²) in [6.07, 6.45) is 6.62. The SMILES string of the molecule is CCC(CC)CCC1CC(C)N(c2ccc(-c3cc4cccc(C(=O)NCc5ccc(F)c(C=O)c5)c4n3CC)cc2)C1OC. The van der Waals surface area contributed by atoms with Gasteiger partial charge in [-0.2, -0.15) is 0 Å². The normalized spacial score (nSPS) is 18.2. The van der Waals surface area contributed by atoms with Crippen LogP contribution in [0.1, 0.15) is 86.1 Å². The van der Waals surface area contributed by atoms with Crippen LogP contribution in [0.5, 0.6) is 0 Å². The molecule has 1 N–H and O–H groups in total. The van der Waals surface area contributed by atoms with Crippen LogP contribution in [-0.4, -0.2) is 36.1 Å². The van der Waals surface area contributed by atoms with Crippen LogP contribution >= 0.6 is 0 Å². The third-order valence-corrected chi connectivity index (χ3v) is 9.72. The fourth-order valence-corrected chi connectivity index (χ4v) is 7.21. The van der Waals surface area contributed by atoms with Gasteiger partial charge in [0.25, 0.3) is 5.91 Å². The third kappa shape index (κ3) is 6.69. The van der Waals surface area contributed by atoms with E-state index in [0.717, 1.165) is 34.5 Å². The van der Waals surface area contributed by atoms with Crippen LogP contribution in [0.15, 0.2) is 66.7 Å². The van der Waals surface area contributed by atoms with E-state index < -0.39 is 5.82 Å². The van der Waals surface area contributed by atoms with Crippen LogP contribution in [0.25, 0.3) is 22.2 Å². The Morgan fingerprint density at radius 2 is 1.82 bits per heavy atom. The number of rotatable bonds is 13. The summed E-state index contributed by atoms with van der Waals surface area (Å²) in [4.78, 5) is 27.0. The van der Waals surface area contributed by atoms with Crippen molar-refractivity contribution in [3.63, 3.8) is 0 Å². The van der Waals surface area contributed by atoms with E-state index >= 15 is 0 Å². The number of ether oxygens (including phenoxy) is 1. The fourth-order valence-electron chi connectivity index (χ4n) is 7.21. The van der Waals surface area contributed by atoms with Gasteiger partial charge in [-0.25, -0.2) is 4.39 Å². The summed E-state index contributed by atoms with van der Waals surface area (Å²) in [7, 11) is 1.84. The van der Waals surface area contributed by atoms with E-state index in [1.165, 1.54) is 43.5 Å². The van der Waals surface area contributed by atoms with Crippen molar-refractivity contribution < 1.29 is 18.7 Å². The Kier molecular flexibility index (Phi) is 10.4. The van der Waals surface area contributed by atoms with E-state index in [1.54, 1.807) is 6.07 Å². The van der Waals surface area contributed by atoms with E-state index in [9.17, 15) is 14.0 Å². The van der Waals surface area contributed by atoms with E-state index in [4.69, 9.17) is 4.74 Å². The van der Waals surface area contributed by atoms with E-state index in [0.29, 0.717) is 35.9 Å². The number of nitrogens with one attached hydrogen (secondary N) is 1. The number of anilines is 1. The number of para-hydroxylation sites is 1. The van der Waals surface area contributed by atoms with Crippen LogP contribution in [-0.2, 0) is 17.8 Å². The van der Waals surface area contributed by atoms with Crippen molar-refractivity contribution in [1.82, 2.24) is 9.88 Å². The maximum Gasteiger partial charge on any atom is 0.253 e. The first-order valence-corrected chi connectivity index (χ1v) is 16.4. The van der Waals surface area contributed by atoms with E-state index in [-0.39, 0.29) is 24.2 Å². The molecular weight excluding hydrogens is 565 g/mol. The highest BCUT2D eigenvalue weighted by atomic mass is 19.1. The van der Waals surface area contributed by atoms with Crippen molar-refractivity contribution in [3.8, 4) is 11.3 Å². The van der Waals surface area contributed by atoms with Crippen LogP contribution in [0, 0.1) is 17.7 Å². The zero-order valence-electron chi connectivity index (χ0n) is 27.2. The number of hydrogen-bond donors (Lipinski definition) is 1. The van der Waals surface area contributed by atoms with Gasteiger partial charge in [0.05, 0.1) is 16.6 Å². The topological polar surface area (TPSA) is 63.6 Å². The van der Waals surface area contributed by atoms with Crippen LogP contribution in [0.2, 0.25) is 0 Å². The van der Waals surface area contributed by atoms with E-state index in [1.807, 2.05) is 25.3 Å². The number of halogens is 1. The second-order valence-electron chi connectivity index (χ2n) is 12.4. The summed E-state index contributed by atoms with van der Waals surface area (Å²) in [5.74, 6) is 0.512. The number of carbonyl (C=O) groups is 2. The average Bonchev–Trinajstić information content (AvgIpc) is 3.61. The molecule has 0 radical (unpaired) electrons. The molecule has 1 fully saturated rings. The Hall–Kier alpha value is -3.97. The molecule has 238 valence electrons. The van der Waals surface area contributed by atoms with Crippen LogP contribution < -0.4 is 10.2 Å². The molecule has 4 aromatic rings. The van der Waals surface area contributed by atoms with Crippen LogP contribution in [0.4, 0.5) is 10.1 Å². The van der Waals surface area contributed by atoms with Crippen molar-refractivity contribution in [2.24, 2.45) is 11.8 Å². The second-order valence-corrected chi connectivity index (χ2v) is 12.4. The molecule has 2 heterocycles. The summed E-state index contributed by atoms with van der Waals surface area (Å²) in [5.41, 5.74) is 5.39. The van der Waals surface area contributed by atoms with Gasteiger partial charge in [0, 0.05) is 48.9 Å². The highest BCUT2D eigenvalue weighted by Gasteiger charge is 2.39. The summed E-state index contributed by atoms with van der Waals surface area (Å²) < 4.78 is 22.0. The number of amides is 1. The lowest BCUT2D eigenvalue weighted by atomic mass is 9.90. The molecule has 1 amide bonds. The van der Waals surface area contributed by atoms with Crippen molar-refractivity contribution in [2.45, 2.75) is 85.2 Å². The van der Waals surface area contributed by atoms with Gasteiger partial charge in [0.1, 0.15) is 12.0 Å². The van der Waals surface area contributed by atoms with Gasteiger partial charge in [-0.05, 0) is 80.1 Å². The molecule has 0 saturated carbocycles. The Morgan fingerprint density at radius 3 is 2.49 bits per heavy atom. The molecule has 5 rings (SSSR count). The quantitative estimate of drug-likeness (QED) is 0.154. The molecule has 7 heteroatoms. The first kappa shape index (κ1) is 32.4. The second kappa shape index (κ2) is 14.4. The molecule has 1 aliphatic heterocycles. The van der Waals surface area contributed by atoms with Gasteiger partial charge in [0.15, 0.2) is 6.29 Å². The highest BCUT2D eigenvalue weighted by molar-refractivity contribution is 6.07. The Bertz CT molecular complexity index is 1630. The lowest BCUT2D eigenvalue weighted by molar-refractivity contribution is 0.0666. The highest BCUT2D eigenvalue weighted by Crippen LogP contribution is 2.39. The van der Waals surface area contributed by atoms with Gasteiger partial charge in [0.2, 0.25) is 0 Å². The number of methoxy groups -OCH3 is 1. The number of carbonyl (C=O) groups excluding carboxylic acids is 2. The molecule has 3 atom stereocenters. The number of aldehydes is 1. The number of aromatic nitrogens is 1. The minimum Gasteiger partial charge on any atom is -0.361 e. The van der Waals surface area contributed by atoms with E-state index in [2.05, 4.69) is 72.8 Å². The molecule has 1 saturated heterocycles. The number of nitrogens with zero attached hydrogens (tertiary/aromatic N) is 2. The summed E-state index contributed by atoms with van der Waals surface area (Å²) in [5, 5.41) is 3.94. The number of aryl methyl sites for hydroxylation is 1. The molecule has 3 aromatic carbocycles. The average molecular weight is 612 g/mol. The maximum atomic E-state index is 13.7. The molecule has 0 aliphatic carbocycles. The standard InChI is InChI=1S/C38H46FN3O3/c1-6-26(7-2)12-14-30-20-25(4)42(38(30)45-5)32-17-15-28(16-18-32)35-22-29-10-9-11-33(36(29)41(35)8-3)37(44)40-23-27-13-19-34(39)31(21-27)24-43/h9-11,13,15-19,21-22,24-26,30,38H,6-8,12,14,20,23H2,1-5H3,(H,40,44). The predicted molar refractivity (Wildman–Crippen MR) is 180 cm³/mol. The van der Waals surface area contributed by atoms with Gasteiger partial charge in [-0.3, -0.25) is 9.59 Å². The van der Waals surface area contributed by atoms with Crippen LogP contribution in [0.3, 0.4) is 0 Å². The zero-order valence-corrected chi connectivity index (χ0v) is 27.2. The summed E-state index contributed by atoms with van der Waals surface area (Å²) in [6, 6.07) is 21.3. The van der Waals surface area contributed by atoms with Gasteiger partial charge >= 0.3 is 0 Å². The Balaban J connectivity index is 1.37. The molecule has 0 bridgehead atoms. The number of hydrogen-bond acceptors (Lipinski definition) is 4. The summed E-state index contributed by atoms with van der Waals surface area (Å²) >= 11 is 0. The minimum atomic E-state index is -0.573. The molecular formula is C38H46FN3O3. The molecule has 0 spiro atoms. The predicted octanol–water partition coefficient (Wildman–Crippen LogP) is 8.61. The first-order chi connectivity index (χ1) is 21.8. The van der Waals surface area contributed by atoms with Crippen molar-refractivity contribution in [2.75, 3.05) is 12.0 Å². The van der Waals surface area contributed by atoms with Gasteiger partial charge in [-0.1, -0.05) is 63.4 Å². The monoisotopic (exact) mass is 611 g/mol. The zero-order chi connectivity index (χ0) is 32.1. The maximum absolute atomic E-state index is 13.7. The van der Waals surface area contributed by atoms with Crippen molar-refractivity contribution in [3.05, 3.63) is 89.2 Å². The largest absolute Gasteiger partial charge is 0.361 e. The Morgan fingerprint density at radius 1 is 1.07 bits per heavy atom. The lowest BCUT2D eigenvalue weighted by Crippen LogP contribution is -2.38. The van der Waals surface area contributed by atoms with Crippen molar-refractivity contribution in [1.29, 1.82) is 0 Å². The third-order valence-electron chi connectivity index (χ3n) is 9.72. The smallest absolute Gasteiger partial charge is 0.253 e. The lowest BCUT2D eigenvalue weighted by Gasteiger charge is -2.32. The number of fused-ring (bicyclic) bond motifs is 1. The molecule has 45 heavy (non-hydrogen) atoms. The van der Waals surface area contributed by atoms with Gasteiger partial charge < -0.3 is 19.5 Å². The summed E-state index contributed by atoms with van der Waals surface area (Å²) in [6.45, 7) is 9.86. The Labute approximate surface area is 266 Å². The molecule has 3 unspecified atom stereocenters. The molecule has 1 aliphatic rings. The molecule has 1 aromatic heterocycles. The first-order valence-electron chi connectivity index (χ1n) is 16.4. The number of benzene rings is 3. The fraction of sp³-hybridized carbons (Fsp3) is 0.421. The van der Waals surface area contributed by atoms with Crippen molar-refractivity contribution >= 4 is 28.8 Å². The minimum absolute atomic E-state index is 0.0202.